The average molecular weight is 781 g/mol. The van der Waals surface area contributed by atoms with Gasteiger partial charge in [-0.1, -0.05) is 174 Å². The largest absolute Gasteiger partial charge is 0.348 e. The van der Waals surface area contributed by atoms with Gasteiger partial charge in [-0.05, 0) is 44.8 Å². The van der Waals surface area contributed by atoms with Crippen LogP contribution in [0.3, 0.4) is 0 Å². The van der Waals surface area contributed by atoms with Gasteiger partial charge in [-0.25, -0.2) is 9.97 Å². The van der Waals surface area contributed by atoms with Crippen LogP contribution >= 0.6 is 22.7 Å². The molecule has 54 heavy (non-hydrogen) atoms. The third-order valence-electron chi connectivity index (χ3n) is 10.9. The number of aromatic nitrogens is 2. The molecule has 0 N–H and O–H groups in total. The van der Waals surface area contributed by atoms with Gasteiger partial charge < -0.3 is 9.80 Å². The second-order valence-corrected chi connectivity index (χ2v) is 17.7. The standard InChI is InChI=1S/C46H76N4O2S2/c1-7-11-15-19-23-27-33-49(34-28-24-20-16-12-8-2)45-47-37(5)40(53-45)32-31-39-42(51)41(43(39)52)44-38(6)48-46(54-44)50(35-29-25-21-17-13-9-3)36-30-26-22-18-14-10-4/h31-32,41H,5,7-30,33-36H2,1-4,6H3/b39-31?,40-32-. The number of Topliss-reactive ketones (excluding diaryl/α,β-unsaturated/α-hetero) is 2. The fraction of sp³-hybridized carbons (Fsp3) is 0.739. The van der Waals surface area contributed by atoms with Crippen molar-refractivity contribution in [3.63, 3.8) is 0 Å². The lowest BCUT2D eigenvalue weighted by Gasteiger charge is -2.25. The second-order valence-electron chi connectivity index (χ2n) is 15.7. The third-order valence-corrected chi connectivity index (χ3v) is 13.3. The molecule has 2 aromatic rings. The molecule has 1 fully saturated rings. The van der Waals surface area contributed by atoms with Gasteiger partial charge in [-0.15, -0.1) is 11.3 Å². The Morgan fingerprint density at radius 3 is 1.31 bits per heavy atom. The van der Waals surface area contributed by atoms with Crippen molar-refractivity contribution in [1.82, 2.24) is 9.97 Å². The number of ketones is 2. The quantitative estimate of drug-likeness (QED) is 0.0319. The fourth-order valence-electron chi connectivity index (χ4n) is 7.39. The van der Waals surface area contributed by atoms with Gasteiger partial charge in [-0.3, -0.25) is 9.59 Å². The lowest BCUT2D eigenvalue weighted by molar-refractivity contribution is -0.133. The maximum atomic E-state index is 13.6. The summed E-state index contributed by atoms with van der Waals surface area (Å²) in [6, 6.07) is 0. The van der Waals surface area contributed by atoms with Gasteiger partial charge in [-0.2, -0.15) is 0 Å². The van der Waals surface area contributed by atoms with E-state index in [2.05, 4.69) is 44.1 Å². The number of allylic oxidation sites excluding steroid dienone is 2. The van der Waals surface area contributed by atoms with E-state index in [0.29, 0.717) is 0 Å². The highest BCUT2D eigenvalue weighted by Gasteiger charge is 2.46. The monoisotopic (exact) mass is 781 g/mol. The number of hydrogen-bond donors (Lipinski definition) is 0. The van der Waals surface area contributed by atoms with Crippen LogP contribution < -0.4 is 19.7 Å². The molecule has 0 spiro atoms. The van der Waals surface area contributed by atoms with Gasteiger partial charge in [0.15, 0.2) is 21.8 Å². The first kappa shape index (κ1) is 46.1. The van der Waals surface area contributed by atoms with E-state index in [9.17, 15) is 9.59 Å². The first-order valence-electron chi connectivity index (χ1n) is 22.3. The molecule has 8 heteroatoms. The third kappa shape index (κ3) is 15.7. The predicted molar refractivity (Wildman–Crippen MR) is 237 cm³/mol. The van der Waals surface area contributed by atoms with E-state index in [1.807, 2.05) is 13.0 Å². The molecule has 0 radical (unpaired) electrons. The number of anilines is 2. The number of nitrogens with zero attached hydrogens (tertiary/aromatic N) is 4. The molecule has 0 amide bonds. The molecule has 0 unspecified atom stereocenters. The Kier molecular flexibility index (Phi) is 23.3. The van der Waals surface area contributed by atoms with Crippen LogP contribution in [0.4, 0.5) is 10.3 Å². The Labute approximate surface area is 338 Å². The van der Waals surface area contributed by atoms with Crippen molar-refractivity contribution >= 4 is 57.2 Å². The van der Waals surface area contributed by atoms with Crippen molar-refractivity contribution in [3.05, 3.63) is 32.1 Å². The Bertz CT molecular complexity index is 1440. The molecule has 2 heterocycles. The molecule has 0 aliphatic heterocycles. The predicted octanol–water partition coefficient (Wildman–Crippen LogP) is 12.0. The van der Waals surface area contributed by atoms with Gasteiger partial charge in [0, 0.05) is 31.1 Å². The number of hydrogen-bond acceptors (Lipinski definition) is 8. The first-order chi connectivity index (χ1) is 26.4. The summed E-state index contributed by atoms with van der Waals surface area (Å²) in [6.07, 6.45) is 34.0. The zero-order chi connectivity index (χ0) is 39.0. The van der Waals surface area contributed by atoms with Gasteiger partial charge in [0.1, 0.15) is 5.92 Å². The Balaban J connectivity index is 1.69. The average Bonchev–Trinajstić information content (AvgIpc) is 3.73. The second kappa shape index (κ2) is 27.3. The molecular weight excluding hydrogens is 705 g/mol. The minimum atomic E-state index is -0.720. The highest BCUT2D eigenvalue weighted by atomic mass is 32.1. The normalized spacial score (nSPS) is 14.6. The first-order valence-corrected chi connectivity index (χ1v) is 23.9. The Morgan fingerprint density at radius 2 is 0.907 bits per heavy atom. The highest BCUT2D eigenvalue weighted by Crippen LogP contribution is 2.41. The lowest BCUT2D eigenvalue weighted by atomic mass is 9.75. The Morgan fingerprint density at radius 1 is 0.537 bits per heavy atom. The van der Waals surface area contributed by atoms with Crippen molar-refractivity contribution in [1.29, 1.82) is 0 Å². The van der Waals surface area contributed by atoms with Crippen LogP contribution in [0.2, 0.25) is 0 Å². The molecular formula is C46H76N4O2S2. The minimum Gasteiger partial charge on any atom is -0.348 e. The summed E-state index contributed by atoms with van der Waals surface area (Å²) in [6.45, 7) is 19.3. The number of thiazole rings is 2. The van der Waals surface area contributed by atoms with E-state index in [0.717, 1.165) is 69.7 Å². The summed E-state index contributed by atoms with van der Waals surface area (Å²) in [5.41, 5.74) is 1.11. The zero-order valence-electron chi connectivity index (χ0n) is 35.2. The minimum absolute atomic E-state index is 0.0870. The molecule has 2 aromatic heterocycles. The van der Waals surface area contributed by atoms with Crippen molar-refractivity contribution in [3.8, 4) is 0 Å². The molecule has 1 saturated carbocycles. The van der Waals surface area contributed by atoms with Crippen LogP contribution in [-0.2, 0) is 9.59 Å². The van der Waals surface area contributed by atoms with E-state index in [4.69, 9.17) is 9.97 Å². The van der Waals surface area contributed by atoms with Crippen molar-refractivity contribution in [2.45, 2.75) is 195 Å². The summed E-state index contributed by atoms with van der Waals surface area (Å²) < 4.78 is 0.925. The topological polar surface area (TPSA) is 66.4 Å². The fourth-order valence-corrected chi connectivity index (χ4v) is 9.57. The van der Waals surface area contributed by atoms with Crippen molar-refractivity contribution in [2.75, 3.05) is 36.0 Å². The number of carbonyl (C=O) groups is 2. The van der Waals surface area contributed by atoms with E-state index in [1.165, 1.54) is 141 Å². The number of carbonyl (C=O) groups excluding carboxylic acids is 2. The molecule has 1 aliphatic carbocycles. The van der Waals surface area contributed by atoms with Crippen LogP contribution in [0.15, 0.2) is 11.6 Å². The summed E-state index contributed by atoms with van der Waals surface area (Å²) in [7, 11) is 0. The molecule has 0 atom stereocenters. The van der Waals surface area contributed by atoms with E-state index < -0.39 is 5.92 Å². The summed E-state index contributed by atoms with van der Waals surface area (Å²) in [5, 5.41) is 2.70. The maximum absolute atomic E-state index is 13.6. The number of aryl methyl sites for hydroxylation is 1. The van der Waals surface area contributed by atoms with Gasteiger partial charge in [0.05, 0.1) is 21.1 Å². The van der Waals surface area contributed by atoms with Gasteiger partial charge in [0.25, 0.3) is 0 Å². The zero-order valence-corrected chi connectivity index (χ0v) is 36.8. The molecule has 0 saturated heterocycles. The Hall–Kier alpha value is -2.32. The molecule has 6 nitrogen and oxygen atoms in total. The van der Waals surface area contributed by atoms with Crippen LogP contribution in [0, 0.1) is 6.92 Å². The number of rotatable bonds is 32. The molecule has 0 bridgehead atoms. The summed E-state index contributed by atoms with van der Waals surface area (Å²) in [4.78, 5) is 42.7. The highest BCUT2D eigenvalue weighted by molar-refractivity contribution is 7.16. The van der Waals surface area contributed by atoms with E-state index >= 15 is 0 Å². The summed E-state index contributed by atoms with van der Waals surface area (Å²) in [5.74, 6) is -0.894. The molecule has 304 valence electrons. The van der Waals surface area contributed by atoms with Crippen LogP contribution in [0.25, 0.3) is 12.7 Å². The SMILES string of the molecule is C=c1nc(N(CCCCCCCC)CCCCCCCC)s/c1=C\C=C1C(=O)C(c2sc(N(CCCCCCCC)CCCCCCCC)nc2C)C1=O. The van der Waals surface area contributed by atoms with Gasteiger partial charge >= 0.3 is 0 Å². The van der Waals surface area contributed by atoms with Gasteiger partial charge in [0.2, 0.25) is 0 Å². The lowest BCUT2D eigenvalue weighted by Crippen LogP contribution is -2.38. The van der Waals surface area contributed by atoms with Crippen molar-refractivity contribution < 1.29 is 9.59 Å². The van der Waals surface area contributed by atoms with E-state index in [-0.39, 0.29) is 17.1 Å². The number of unbranched alkanes of at least 4 members (excludes halogenated alkanes) is 20. The van der Waals surface area contributed by atoms with Crippen molar-refractivity contribution in [2.24, 2.45) is 0 Å². The maximum Gasteiger partial charge on any atom is 0.186 e. The van der Waals surface area contributed by atoms with E-state index in [1.54, 1.807) is 28.7 Å². The molecule has 3 rings (SSSR count). The smallest absolute Gasteiger partial charge is 0.186 e. The van der Waals surface area contributed by atoms with Crippen LogP contribution in [-0.4, -0.2) is 47.7 Å². The summed E-state index contributed by atoms with van der Waals surface area (Å²) >= 11 is 3.20. The molecule has 1 aliphatic rings. The molecule has 0 aromatic carbocycles. The van der Waals surface area contributed by atoms with Crippen LogP contribution in [0.5, 0.6) is 0 Å². The van der Waals surface area contributed by atoms with Crippen LogP contribution in [0.1, 0.15) is 198 Å².